The Morgan fingerprint density at radius 3 is 3.36 bits per heavy atom. The summed E-state index contributed by atoms with van der Waals surface area (Å²) in [5.74, 6) is 0. The lowest BCUT2D eigenvalue weighted by molar-refractivity contribution is -0.00836. The van der Waals surface area contributed by atoms with Crippen molar-refractivity contribution in [1.82, 2.24) is 13.6 Å². The van der Waals surface area contributed by atoms with Crippen molar-refractivity contribution in [3.8, 4) is 0 Å². The number of rotatable bonds is 3. The molecule has 1 aliphatic heterocycles. The normalized spacial score (nSPS) is 23.9. The van der Waals surface area contributed by atoms with E-state index in [4.69, 9.17) is 10.5 Å². The standard InChI is InChI=1S/C8H14N4OS/c9-3-8-6-13-2-1-12(8)5-7-4-10-14-11-7/h4,8H,1-3,5-6,9H2. The number of hydrogen-bond acceptors (Lipinski definition) is 6. The highest BCUT2D eigenvalue weighted by Gasteiger charge is 2.22. The quantitative estimate of drug-likeness (QED) is 0.748. The molecule has 0 spiro atoms. The maximum atomic E-state index is 5.67. The molecule has 6 heteroatoms. The first kappa shape index (κ1) is 9.97. The van der Waals surface area contributed by atoms with Gasteiger partial charge in [0.1, 0.15) is 0 Å². The third-order valence-corrected chi connectivity index (χ3v) is 2.91. The summed E-state index contributed by atoms with van der Waals surface area (Å²) in [5, 5.41) is 0. The predicted molar refractivity (Wildman–Crippen MR) is 54.0 cm³/mol. The van der Waals surface area contributed by atoms with Crippen LogP contribution in [0.15, 0.2) is 6.20 Å². The topological polar surface area (TPSA) is 64.3 Å². The SMILES string of the molecule is NCC1COCCN1Cc1cnsn1. The molecule has 2 N–H and O–H groups in total. The lowest BCUT2D eigenvalue weighted by Crippen LogP contribution is -2.48. The molecule has 0 saturated carbocycles. The van der Waals surface area contributed by atoms with Gasteiger partial charge in [-0.25, -0.2) is 0 Å². The van der Waals surface area contributed by atoms with E-state index in [-0.39, 0.29) is 0 Å². The van der Waals surface area contributed by atoms with Crippen molar-refractivity contribution >= 4 is 11.7 Å². The summed E-state index contributed by atoms with van der Waals surface area (Å²) in [6.07, 6.45) is 1.81. The van der Waals surface area contributed by atoms with Gasteiger partial charge in [-0.2, -0.15) is 8.75 Å². The minimum absolute atomic E-state index is 0.324. The van der Waals surface area contributed by atoms with E-state index in [0.717, 1.165) is 32.0 Å². The number of nitrogens with two attached hydrogens (primary N) is 1. The van der Waals surface area contributed by atoms with Crippen LogP contribution in [0.3, 0.4) is 0 Å². The monoisotopic (exact) mass is 214 g/mol. The lowest BCUT2D eigenvalue weighted by Gasteiger charge is -2.34. The van der Waals surface area contributed by atoms with Gasteiger partial charge < -0.3 is 10.5 Å². The van der Waals surface area contributed by atoms with Crippen molar-refractivity contribution in [1.29, 1.82) is 0 Å². The lowest BCUT2D eigenvalue weighted by atomic mass is 10.2. The van der Waals surface area contributed by atoms with Gasteiger partial charge in [-0.15, -0.1) is 0 Å². The molecular formula is C8H14N4OS. The maximum Gasteiger partial charge on any atom is 0.0883 e. The van der Waals surface area contributed by atoms with Crippen LogP contribution in [0.1, 0.15) is 5.69 Å². The molecule has 5 nitrogen and oxygen atoms in total. The first-order chi connectivity index (χ1) is 6.90. The van der Waals surface area contributed by atoms with E-state index in [1.54, 1.807) is 0 Å². The van der Waals surface area contributed by atoms with E-state index in [0.29, 0.717) is 12.6 Å². The Hall–Kier alpha value is -0.560. The Morgan fingerprint density at radius 2 is 2.64 bits per heavy atom. The molecule has 0 bridgehead atoms. The van der Waals surface area contributed by atoms with Crippen LogP contribution in [0.5, 0.6) is 0 Å². The molecule has 1 aliphatic rings. The zero-order valence-electron chi connectivity index (χ0n) is 7.93. The van der Waals surface area contributed by atoms with Gasteiger partial charge in [0.15, 0.2) is 0 Å². The Morgan fingerprint density at radius 1 is 1.71 bits per heavy atom. The highest BCUT2D eigenvalue weighted by atomic mass is 32.1. The number of hydrogen-bond donors (Lipinski definition) is 1. The highest BCUT2D eigenvalue weighted by molar-refractivity contribution is 6.99. The first-order valence-corrected chi connectivity index (χ1v) is 5.41. The second-order valence-corrected chi connectivity index (χ2v) is 3.89. The smallest absolute Gasteiger partial charge is 0.0883 e. The number of nitrogens with zero attached hydrogens (tertiary/aromatic N) is 3. The number of ether oxygens (including phenoxy) is 1. The van der Waals surface area contributed by atoms with Gasteiger partial charge in [-0.1, -0.05) is 0 Å². The van der Waals surface area contributed by atoms with Gasteiger partial charge in [0.2, 0.25) is 0 Å². The van der Waals surface area contributed by atoms with E-state index in [2.05, 4.69) is 13.6 Å². The fraction of sp³-hybridized carbons (Fsp3) is 0.750. The van der Waals surface area contributed by atoms with Crippen molar-refractivity contribution in [2.45, 2.75) is 12.6 Å². The van der Waals surface area contributed by atoms with E-state index >= 15 is 0 Å². The van der Waals surface area contributed by atoms with Crippen molar-refractivity contribution in [3.05, 3.63) is 11.9 Å². The van der Waals surface area contributed by atoms with Crippen molar-refractivity contribution in [2.24, 2.45) is 5.73 Å². The van der Waals surface area contributed by atoms with Crippen LogP contribution in [0.25, 0.3) is 0 Å². The minimum Gasteiger partial charge on any atom is -0.378 e. The van der Waals surface area contributed by atoms with Crippen LogP contribution in [0.2, 0.25) is 0 Å². The molecule has 1 unspecified atom stereocenters. The second-order valence-electron chi connectivity index (χ2n) is 3.33. The number of aromatic nitrogens is 2. The Bertz CT molecular complexity index is 266. The average Bonchev–Trinajstić information content (AvgIpc) is 2.71. The van der Waals surface area contributed by atoms with Crippen LogP contribution < -0.4 is 5.73 Å². The van der Waals surface area contributed by atoms with E-state index in [9.17, 15) is 0 Å². The van der Waals surface area contributed by atoms with Crippen LogP contribution in [-0.2, 0) is 11.3 Å². The highest BCUT2D eigenvalue weighted by Crippen LogP contribution is 2.10. The van der Waals surface area contributed by atoms with Gasteiger partial charge in [0.05, 0.1) is 36.8 Å². The zero-order chi connectivity index (χ0) is 9.80. The second kappa shape index (κ2) is 4.79. The fourth-order valence-corrected chi connectivity index (χ4v) is 2.00. The molecule has 0 aliphatic carbocycles. The molecule has 78 valence electrons. The molecule has 1 fully saturated rings. The van der Waals surface area contributed by atoms with Gasteiger partial charge in [0, 0.05) is 25.7 Å². The van der Waals surface area contributed by atoms with E-state index in [1.807, 2.05) is 6.20 Å². The summed E-state index contributed by atoms with van der Waals surface area (Å²) in [7, 11) is 0. The molecule has 0 radical (unpaired) electrons. The Balaban J connectivity index is 1.94. The zero-order valence-corrected chi connectivity index (χ0v) is 8.74. The van der Waals surface area contributed by atoms with Crippen molar-refractivity contribution in [2.75, 3.05) is 26.3 Å². The summed E-state index contributed by atoms with van der Waals surface area (Å²) in [6, 6.07) is 0.324. The summed E-state index contributed by atoms with van der Waals surface area (Å²) >= 11 is 1.25. The molecule has 1 aromatic heterocycles. The van der Waals surface area contributed by atoms with Crippen LogP contribution in [0.4, 0.5) is 0 Å². The van der Waals surface area contributed by atoms with Crippen molar-refractivity contribution < 1.29 is 4.74 Å². The summed E-state index contributed by atoms with van der Waals surface area (Å²) in [6.45, 7) is 3.92. The van der Waals surface area contributed by atoms with E-state index in [1.165, 1.54) is 11.7 Å². The Kier molecular flexibility index (Phi) is 3.41. The molecule has 14 heavy (non-hydrogen) atoms. The molecule has 1 aromatic rings. The van der Waals surface area contributed by atoms with Crippen LogP contribution in [0, 0.1) is 0 Å². The van der Waals surface area contributed by atoms with Gasteiger partial charge >= 0.3 is 0 Å². The Labute approximate surface area is 87.2 Å². The summed E-state index contributed by atoms with van der Waals surface area (Å²) in [5.41, 5.74) is 6.69. The van der Waals surface area contributed by atoms with E-state index < -0.39 is 0 Å². The third-order valence-electron chi connectivity index (χ3n) is 2.39. The van der Waals surface area contributed by atoms with Crippen molar-refractivity contribution in [3.63, 3.8) is 0 Å². The molecule has 2 heterocycles. The van der Waals surface area contributed by atoms with Crippen LogP contribution in [-0.4, -0.2) is 46.0 Å². The number of morpholine rings is 1. The van der Waals surface area contributed by atoms with Gasteiger partial charge in [-0.3, -0.25) is 4.90 Å². The average molecular weight is 214 g/mol. The third kappa shape index (κ3) is 2.27. The molecule has 2 rings (SSSR count). The first-order valence-electron chi connectivity index (χ1n) is 4.68. The fourth-order valence-electron chi connectivity index (χ4n) is 1.58. The van der Waals surface area contributed by atoms with Gasteiger partial charge in [0.25, 0.3) is 0 Å². The largest absolute Gasteiger partial charge is 0.378 e. The van der Waals surface area contributed by atoms with Gasteiger partial charge in [-0.05, 0) is 0 Å². The summed E-state index contributed by atoms with van der Waals surface area (Å²) < 4.78 is 13.5. The minimum atomic E-state index is 0.324. The molecular weight excluding hydrogens is 200 g/mol. The molecule has 1 atom stereocenters. The molecule has 0 amide bonds. The maximum absolute atomic E-state index is 5.67. The summed E-state index contributed by atoms with van der Waals surface area (Å²) in [4.78, 5) is 2.31. The molecule has 1 saturated heterocycles. The molecule has 0 aromatic carbocycles. The van der Waals surface area contributed by atoms with Crippen LogP contribution >= 0.6 is 11.7 Å². The predicted octanol–water partition coefficient (Wildman–Crippen LogP) is -0.302.